The van der Waals surface area contributed by atoms with Gasteiger partial charge >= 0.3 is 12.3 Å². The maximum Gasteiger partial charge on any atom is 0.319 e. The monoisotopic (exact) mass is 315 g/mol. The van der Waals surface area contributed by atoms with E-state index in [0.717, 1.165) is 0 Å². The van der Waals surface area contributed by atoms with Crippen LogP contribution >= 0.6 is 0 Å². The lowest BCUT2D eigenvalue weighted by Crippen LogP contribution is -2.53. The van der Waals surface area contributed by atoms with Crippen molar-refractivity contribution in [3.05, 3.63) is 0 Å². The van der Waals surface area contributed by atoms with Gasteiger partial charge in [0.1, 0.15) is 0 Å². The first kappa shape index (κ1) is 18.1. The summed E-state index contributed by atoms with van der Waals surface area (Å²) in [5.41, 5.74) is 5.42. The number of halogens is 4. The van der Waals surface area contributed by atoms with Crippen molar-refractivity contribution in [1.82, 2.24) is 9.80 Å². The number of alkyl halides is 4. The first-order valence-corrected chi connectivity index (χ1v) is 6.69. The van der Waals surface area contributed by atoms with Crippen LogP contribution in [0.1, 0.15) is 6.42 Å². The fourth-order valence-corrected chi connectivity index (χ4v) is 2.11. The first-order chi connectivity index (χ1) is 9.80. The van der Waals surface area contributed by atoms with Gasteiger partial charge in [-0.2, -0.15) is 8.78 Å². The number of rotatable bonds is 7. The van der Waals surface area contributed by atoms with Crippen molar-refractivity contribution in [1.29, 1.82) is 0 Å². The highest BCUT2D eigenvalue weighted by Gasteiger charge is 2.42. The minimum absolute atomic E-state index is 0.125. The maximum absolute atomic E-state index is 12.9. The summed E-state index contributed by atoms with van der Waals surface area (Å²) in [4.78, 5) is 14.7. The Balaban J connectivity index is 2.40. The smallest absolute Gasteiger partial charge is 0.319 e. The van der Waals surface area contributed by atoms with Crippen LogP contribution in [0.2, 0.25) is 0 Å². The summed E-state index contributed by atoms with van der Waals surface area (Å²) in [6.45, 7) is -0.0139. The van der Waals surface area contributed by atoms with E-state index in [1.54, 1.807) is 0 Å². The van der Waals surface area contributed by atoms with Crippen molar-refractivity contribution in [2.75, 3.05) is 46.4 Å². The zero-order valence-corrected chi connectivity index (χ0v) is 11.9. The molecule has 1 aliphatic heterocycles. The number of amides is 1. The van der Waals surface area contributed by atoms with Gasteiger partial charge in [0.25, 0.3) is 0 Å². The highest BCUT2D eigenvalue weighted by molar-refractivity contribution is 5.76. The molecule has 0 bridgehead atoms. The molecular weight excluding hydrogens is 294 g/mol. The van der Waals surface area contributed by atoms with Crippen LogP contribution < -0.4 is 5.73 Å². The molecule has 1 amide bonds. The molecule has 0 aliphatic carbocycles. The lowest BCUT2D eigenvalue weighted by Gasteiger charge is -2.36. The second-order valence-corrected chi connectivity index (χ2v) is 5.02. The Morgan fingerprint density at radius 2 is 1.86 bits per heavy atom. The molecule has 0 aromatic carbocycles. The summed E-state index contributed by atoms with van der Waals surface area (Å²) in [6, 6.07) is 0. The zero-order chi connectivity index (χ0) is 16.0. The van der Waals surface area contributed by atoms with Gasteiger partial charge < -0.3 is 15.4 Å². The quantitative estimate of drug-likeness (QED) is 0.691. The molecule has 1 unspecified atom stereocenters. The van der Waals surface area contributed by atoms with Crippen molar-refractivity contribution in [2.24, 2.45) is 5.73 Å². The highest BCUT2D eigenvalue weighted by Crippen LogP contribution is 2.24. The minimum atomic E-state index is -4.02. The number of ether oxygens (including phenoxy) is 1. The Morgan fingerprint density at radius 3 is 2.29 bits per heavy atom. The third-order valence-corrected chi connectivity index (χ3v) is 3.48. The lowest BCUT2D eigenvalue weighted by molar-refractivity contribution is -0.149. The molecule has 0 aromatic heterocycles. The van der Waals surface area contributed by atoms with Crippen molar-refractivity contribution in [3.8, 4) is 0 Å². The molecule has 0 radical (unpaired) electrons. The van der Waals surface area contributed by atoms with E-state index >= 15 is 0 Å². The van der Waals surface area contributed by atoms with Crippen molar-refractivity contribution in [2.45, 2.75) is 24.9 Å². The molecule has 5 nitrogen and oxygen atoms in total. The van der Waals surface area contributed by atoms with E-state index in [-0.39, 0.29) is 51.2 Å². The van der Waals surface area contributed by atoms with Gasteiger partial charge in [-0.1, -0.05) is 0 Å². The van der Waals surface area contributed by atoms with Crippen LogP contribution in [0, 0.1) is 0 Å². The molecule has 2 N–H and O–H groups in total. The van der Waals surface area contributed by atoms with Gasteiger partial charge in [-0.15, -0.1) is 0 Å². The fourth-order valence-electron chi connectivity index (χ4n) is 2.11. The normalized spacial score (nSPS) is 19.1. The number of hydrogen-bond donors (Lipinski definition) is 1. The summed E-state index contributed by atoms with van der Waals surface area (Å²) < 4.78 is 55.2. The second kappa shape index (κ2) is 7.90. The Kier molecular flexibility index (Phi) is 6.82. The van der Waals surface area contributed by atoms with Crippen LogP contribution in [0.25, 0.3) is 0 Å². The first-order valence-electron chi connectivity index (χ1n) is 6.69. The van der Waals surface area contributed by atoms with Crippen molar-refractivity contribution < 1.29 is 27.1 Å². The molecule has 1 atom stereocenters. The van der Waals surface area contributed by atoms with Gasteiger partial charge in [-0.05, 0) is 0 Å². The lowest BCUT2D eigenvalue weighted by atomic mass is 10.2. The van der Waals surface area contributed by atoms with Gasteiger partial charge in [0.15, 0.2) is 0 Å². The number of carbonyl (C=O) groups is 1. The molecule has 124 valence electrons. The average Bonchev–Trinajstić information content (AvgIpc) is 2.44. The van der Waals surface area contributed by atoms with Crippen LogP contribution in [0.5, 0.6) is 0 Å². The van der Waals surface area contributed by atoms with Crippen LogP contribution in [-0.4, -0.2) is 80.5 Å². The number of nitrogens with two attached hydrogens (primary N) is 1. The van der Waals surface area contributed by atoms with E-state index in [1.165, 1.54) is 16.9 Å². The van der Waals surface area contributed by atoms with Gasteiger partial charge in [-0.3, -0.25) is 9.69 Å². The average molecular weight is 315 g/mol. The van der Waals surface area contributed by atoms with Crippen LogP contribution in [0.15, 0.2) is 0 Å². The van der Waals surface area contributed by atoms with Crippen LogP contribution in [0.3, 0.4) is 0 Å². The Morgan fingerprint density at radius 1 is 1.29 bits per heavy atom. The van der Waals surface area contributed by atoms with Gasteiger partial charge in [-0.25, -0.2) is 8.78 Å². The number of methoxy groups -OCH3 is 1. The largest absolute Gasteiger partial charge is 0.380 e. The van der Waals surface area contributed by atoms with E-state index < -0.39 is 18.9 Å². The molecule has 0 spiro atoms. The van der Waals surface area contributed by atoms with Gasteiger partial charge in [0.05, 0.1) is 19.1 Å². The SMILES string of the molecule is COC(CN)CC(=O)N1CCN(CC(F)(F)C(F)F)CC1. The van der Waals surface area contributed by atoms with E-state index in [9.17, 15) is 22.4 Å². The Bertz CT molecular complexity index is 332. The third kappa shape index (κ3) is 5.40. The maximum atomic E-state index is 12.9. The number of hydrogen-bond acceptors (Lipinski definition) is 4. The second-order valence-electron chi connectivity index (χ2n) is 5.02. The Hall–Kier alpha value is -0.930. The predicted octanol–water partition coefficient (Wildman–Crippen LogP) is 0.395. The summed E-state index contributed by atoms with van der Waals surface area (Å²) in [7, 11) is 1.45. The predicted molar refractivity (Wildman–Crippen MR) is 68.4 cm³/mol. The summed E-state index contributed by atoms with van der Waals surface area (Å²) in [5.74, 6) is -4.19. The number of carbonyl (C=O) groups excluding carboxylic acids is 1. The molecule has 0 aromatic rings. The van der Waals surface area contributed by atoms with Crippen molar-refractivity contribution >= 4 is 5.91 Å². The summed E-state index contributed by atoms with van der Waals surface area (Å²) >= 11 is 0. The van der Waals surface area contributed by atoms with Crippen LogP contribution in [0.4, 0.5) is 17.6 Å². The van der Waals surface area contributed by atoms with Crippen molar-refractivity contribution in [3.63, 3.8) is 0 Å². The fraction of sp³-hybridized carbons (Fsp3) is 0.917. The van der Waals surface area contributed by atoms with E-state index in [4.69, 9.17) is 10.5 Å². The molecular formula is C12H21F4N3O2. The molecule has 1 rings (SSSR count). The number of piperazine rings is 1. The van der Waals surface area contributed by atoms with Gasteiger partial charge in [0.2, 0.25) is 5.91 Å². The van der Waals surface area contributed by atoms with E-state index in [1.807, 2.05) is 0 Å². The minimum Gasteiger partial charge on any atom is -0.380 e. The molecule has 0 saturated carbocycles. The molecule has 1 fully saturated rings. The van der Waals surface area contributed by atoms with Gasteiger partial charge in [0, 0.05) is 39.8 Å². The molecule has 21 heavy (non-hydrogen) atoms. The molecule has 1 aliphatic rings. The third-order valence-electron chi connectivity index (χ3n) is 3.48. The molecule has 9 heteroatoms. The number of nitrogens with zero attached hydrogens (tertiary/aromatic N) is 2. The topological polar surface area (TPSA) is 58.8 Å². The van der Waals surface area contributed by atoms with E-state index in [2.05, 4.69) is 0 Å². The molecule has 1 heterocycles. The molecule has 1 saturated heterocycles. The van der Waals surface area contributed by atoms with Crippen LogP contribution in [-0.2, 0) is 9.53 Å². The standard InChI is InChI=1S/C12H21F4N3O2/c1-21-9(7-17)6-10(20)19-4-2-18(3-5-19)8-12(15,16)11(13)14/h9,11H,2-8,17H2,1H3. The Labute approximate surface area is 121 Å². The highest BCUT2D eigenvalue weighted by atomic mass is 19.3. The zero-order valence-electron chi connectivity index (χ0n) is 11.9. The summed E-state index contributed by atoms with van der Waals surface area (Å²) in [6.07, 6.45) is -3.93. The van der Waals surface area contributed by atoms with E-state index in [0.29, 0.717) is 0 Å². The summed E-state index contributed by atoms with van der Waals surface area (Å²) in [5, 5.41) is 0.